The Bertz CT molecular complexity index is 754. The van der Waals surface area contributed by atoms with Gasteiger partial charge in [0.05, 0.1) is 11.1 Å². The van der Waals surface area contributed by atoms with Gasteiger partial charge in [-0.2, -0.15) is 0 Å². The van der Waals surface area contributed by atoms with E-state index in [9.17, 15) is 4.79 Å². The summed E-state index contributed by atoms with van der Waals surface area (Å²) in [6, 6.07) is 0. The summed E-state index contributed by atoms with van der Waals surface area (Å²) < 4.78 is 0. The summed E-state index contributed by atoms with van der Waals surface area (Å²) in [6.07, 6.45) is 7.16. The quantitative estimate of drug-likeness (QED) is 0.641. The summed E-state index contributed by atoms with van der Waals surface area (Å²) in [4.78, 5) is 23.3. The first-order valence-corrected chi connectivity index (χ1v) is 9.98. The van der Waals surface area contributed by atoms with Crippen LogP contribution in [0.5, 0.6) is 0 Å². The number of hydrogen-bond donors (Lipinski definition) is 2. The van der Waals surface area contributed by atoms with Gasteiger partial charge < -0.3 is 11.1 Å². The number of nitrogen functional groups attached to an aromatic ring is 1. The van der Waals surface area contributed by atoms with Crippen LogP contribution in [0.3, 0.4) is 0 Å². The minimum atomic E-state index is 0.0506. The molecule has 0 saturated heterocycles. The van der Waals surface area contributed by atoms with Gasteiger partial charge >= 0.3 is 0 Å². The Morgan fingerprint density at radius 3 is 2.96 bits per heavy atom. The molecule has 0 aliphatic heterocycles. The molecule has 1 amide bonds. The Kier molecular flexibility index (Phi) is 4.15. The molecule has 0 radical (unpaired) electrons. The van der Waals surface area contributed by atoms with Crippen molar-refractivity contribution in [1.82, 2.24) is 15.3 Å². The van der Waals surface area contributed by atoms with Crippen LogP contribution in [-0.4, -0.2) is 28.2 Å². The Morgan fingerprint density at radius 1 is 1.30 bits per heavy atom. The molecule has 5 nitrogen and oxygen atoms in total. The standard InChI is InChI=1S/C16H20N4OS2/c17-14-13-10-3-1-2-4-11(10)23-15(13)20-16(19-14)22-8-12(21)18-7-9-5-6-9/h9H,1-8H2,(H,18,21)(H2,17,19,20). The van der Waals surface area contributed by atoms with Crippen LogP contribution in [0.1, 0.15) is 36.1 Å². The van der Waals surface area contributed by atoms with E-state index in [2.05, 4.69) is 15.3 Å². The van der Waals surface area contributed by atoms with Crippen molar-refractivity contribution in [3.05, 3.63) is 10.4 Å². The number of nitrogens with zero attached hydrogens (tertiary/aromatic N) is 2. The molecule has 0 bridgehead atoms. The molecule has 2 aliphatic rings. The summed E-state index contributed by atoms with van der Waals surface area (Å²) in [5.41, 5.74) is 7.53. The SMILES string of the molecule is Nc1nc(SCC(=O)NCC2CC2)nc2sc3c(c12)CCCC3. The van der Waals surface area contributed by atoms with Gasteiger partial charge in [-0.1, -0.05) is 11.8 Å². The number of nitrogens with two attached hydrogens (primary N) is 1. The topological polar surface area (TPSA) is 80.9 Å². The first kappa shape index (κ1) is 15.2. The lowest BCUT2D eigenvalue weighted by atomic mass is 9.97. The first-order chi connectivity index (χ1) is 11.2. The first-order valence-electron chi connectivity index (χ1n) is 8.18. The molecule has 7 heteroatoms. The van der Waals surface area contributed by atoms with E-state index in [0.29, 0.717) is 22.6 Å². The summed E-state index contributed by atoms with van der Waals surface area (Å²) in [5.74, 6) is 1.66. The number of nitrogens with one attached hydrogen (secondary N) is 1. The van der Waals surface area contributed by atoms with Crippen LogP contribution in [0.4, 0.5) is 5.82 Å². The zero-order chi connectivity index (χ0) is 15.8. The van der Waals surface area contributed by atoms with Crippen molar-refractivity contribution in [2.45, 2.75) is 43.7 Å². The second kappa shape index (κ2) is 6.28. The van der Waals surface area contributed by atoms with Crippen LogP contribution < -0.4 is 11.1 Å². The molecule has 2 aliphatic carbocycles. The molecule has 122 valence electrons. The lowest BCUT2D eigenvalue weighted by molar-refractivity contribution is -0.118. The largest absolute Gasteiger partial charge is 0.383 e. The van der Waals surface area contributed by atoms with E-state index in [1.165, 1.54) is 47.9 Å². The lowest BCUT2D eigenvalue weighted by Gasteiger charge is -2.10. The van der Waals surface area contributed by atoms with Gasteiger partial charge in [-0.15, -0.1) is 11.3 Å². The normalized spacial score (nSPS) is 17.2. The molecule has 2 aromatic rings. The Morgan fingerprint density at radius 2 is 2.13 bits per heavy atom. The maximum Gasteiger partial charge on any atom is 0.230 e. The van der Waals surface area contributed by atoms with Crippen molar-refractivity contribution in [1.29, 1.82) is 0 Å². The van der Waals surface area contributed by atoms with E-state index in [-0.39, 0.29) is 5.91 Å². The number of anilines is 1. The van der Waals surface area contributed by atoms with Gasteiger partial charge in [-0.05, 0) is 50.0 Å². The molecule has 4 rings (SSSR count). The second-order valence-corrected chi connectivity index (χ2v) is 8.34. The molecule has 1 fully saturated rings. The van der Waals surface area contributed by atoms with Crippen molar-refractivity contribution in [2.75, 3.05) is 18.0 Å². The Labute approximate surface area is 143 Å². The molecule has 2 heterocycles. The Balaban J connectivity index is 1.48. The van der Waals surface area contributed by atoms with Crippen molar-refractivity contribution in [3.63, 3.8) is 0 Å². The molecule has 0 unspecified atom stereocenters. The van der Waals surface area contributed by atoms with Crippen molar-refractivity contribution >= 4 is 45.0 Å². The van der Waals surface area contributed by atoms with Gasteiger partial charge in [0.2, 0.25) is 5.91 Å². The molecular weight excluding hydrogens is 328 g/mol. The van der Waals surface area contributed by atoms with Crippen molar-refractivity contribution in [2.24, 2.45) is 5.92 Å². The average molecular weight is 348 g/mol. The van der Waals surface area contributed by atoms with Gasteiger partial charge in [0.1, 0.15) is 10.6 Å². The number of hydrogen-bond acceptors (Lipinski definition) is 6. The van der Waals surface area contributed by atoms with Crippen LogP contribution in [0, 0.1) is 5.92 Å². The third kappa shape index (κ3) is 3.30. The van der Waals surface area contributed by atoms with E-state index in [4.69, 9.17) is 5.73 Å². The zero-order valence-corrected chi connectivity index (χ0v) is 14.6. The highest BCUT2D eigenvalue weighted by Gasteiger charge is 2.22. The predicted molar refractivity (Wildman–Crippen MR) is 94.9 cm³/mol. The summed E-state index contributed by atoms with van der Waals surface area (Å²) in [6.45, 7) is 0.805. The van der Waals surface area contributed by atoms with Crippen LogP contribution in [0.15, 0.2) is 5.16 Å². The van der Waals surface area contributed by atoms with Gasteiger partial charge in [0.15, 0.2) is 5.16 Å². The fraction of sp³-hybridized carbons (Fsp3) is 0.562. The molecule has 1 saturated carbocycles. The number of thiophene rings is 1. The Hall–Kier alpha value is -1.34. The number of rotatable bonds is 5. The minimum absolute atomic E-state index is 0.0506. The molecule has 0 spiro atoms. The van der Waals surface area contributed by atoms with Gasteiger partial charge in [-0.3, -0.25) is 4.79 Å². The maximum atomic E-state index is 11.8. The minimum Gasteiger partial charge on any atom is -0.383 e. The number of amides is 1. The zero-order valence-electron chi connectivity index (χ0n) is 12.9. The smallest absolute Gasteiger partial charge is 0.230 e. The number of carbonyl (C=O) groups is 1. The number of carbonyl (C=O) groups excluding carboxylic acids is 1. The van der Waals surface area contributed by atoms with E-state index in [0.717, 1.165) is 29.6 Å². The summed E-state index contributed by atoms with van der Waals surface area (Å²) in [5, 5.41) is 4.62. The van der Waals surface area contributed by atoms with E-state index in [1.54, 1.807) is 11.3 Å². The number of thioether (sulfide) groups is 1. The molecule has 2 aromatic heterocycles. The van der Waals surface area contributed by atoms with E-state index < -0.39 is 0 Å². The highest BCUT2D eigenvalue weighted by atomic mass is 32.2. The van der Waals surface area contributed by atoms with Gasteiger partial charge in [0, 0.05) is 11.4 Å². The van der Waals surface area contributed by atoms with Crippen LogP contribution in [0.2, 0.25) is 0 Å². The summed E-state index contributed by atoms with van der Waals surface area (Å²) in [7, 11) is 0. The van der Waals surface area contributed by atoms with Crippen molar-refractivity contribution < 1.29 is 4.79 Å². The fourth-order valence-corrected chi connectivity index (χ4v) is 5.00. The third-order valence-electron chi connectivity index (χ3n) is 4.44. The second-order valence-electron chi connectivity index (χ2n) is 6.32. The third-order valence-corrected chi connectivity index (χ3v) is 6.47. The van der Waals surface area contributed by atoms with Crippen molar-refractivity contribution in [3.8, 4) is 0 Å². The molecular formula is C16H20N4OS2. The highest BCUT2D eigenvalue weighted by molar-refractivity contribution is 7.99. The van der Waals surface area contributed by atoms with Crippen LogP contribution in [0.25, 0.3) is 10.2 Å². The van der Waals surface area contributed by atoms with E-state index in [1.807, 2.05) is 0 Å². The monoisotopic (exact) mass is 348 g/mol. The highest BCUT2D eigenvalue weighted by Crippen LogP contribution is 2.38. The molecule has 3 N–H and O–H groups in total. The number of aryl methyl sites for hydroxylation is 2. The fourth-order valence-electron chi connectivity index (χ4n) is 2.99. The van der Waals surface area contributed by atoms with Gasteiger partial charge in [0.25, 0.3) is 0 Å². The lowest BCUT2D eigenvalue weighted by Crippen LogP contribution is -2.27. The summed E-state index contributed by atoms with van der Waals surface area (Å²) >= 11 is 3.11. The number of aromatic nitrogens is 2. The van der Waals surface area contributed by atoms with Gasteiger partial charge in [-0.25, -0.2) is 9.97 Å². The number of fused-ring (bicyclic) bond motifs is 3. The van der Waals surface area contributed by atoms with Crippen LogP contribution in [-0.2, 0) is 17.6 Å². The van der Waals surface area contributed by atoms with E-state index >= 15 is 0 Å². The average Bonchev–Trinajstić information content (AvgIpc) is 3.29. The maximum absolute atomic E-state index is 11.8. The molecule has 0 atom stereocenters. The molecule has 23 heavy (non-hydrogen) atoms. The van der Waals surface area contributed by atoms with Crippen LogP contribution >= 0.6 is 23.1 Å². The predicted octanol–water partition coefficient (Wildman–Crippen LogP) is 2.77. The molecule has 0 aromatic carbocycles.